The molecule has 1 heterocycles. The van der Waals surface area contributed by atoms with Crippen molar-refractivity contribution in [3.05, 3.63) is 58.7 Å². The molecule has 3 rings (SSSR count). The Balaban J connectivity index is 1.98. The first-order valence-electron chi connectivity index (χ1n) is 6.80. The standard InChI is InChI=1S/C17H20N2/c1-12-6-4-9-17(13(12)2)19-10-14-7-5-8-16(18-3)15(14)11-19/h4-9,18H,10-11H2,1-3H3. The lowest BCUT2D eigenvalue weighted by Crippen LogP contribution is -2.16. The Morgan fingerprint density at radius 3 is 2.58 bits per heavy atom. The van der Waals surface area contributed by atoms with E-state index in [9.17, 15) is 0 Å². The molecule has 0 saturated heterocycles. The van der Waals surface area contributed by atoms with Crippen LogP contribution < -0.4 is 10.2 Å². The van der Waals surface area contributed by atoms with Gasteiger partial charge in [-0.2, -0.15) is 0 Å². The van der Waals surface area contributed by atoms with Gasteiger partial charge < -0.3 is 10.2 Å². The van der Waals surface area contributed by atoms with Crippen molar-refractivity contribution in [1.29, 1.82) is 0 Å². The minimum absolute atomic E-state index is 0.997. The van der Waals surface area contributed by atoms with Gasteiger partial charge in [-0.25, -0.2) is 0 Å². The van der Waals surface area contributed by atoms with Crippen LogP contribution in [0.15, 0.2) is 36.4 Å². The fourth-order valence-corrected chi connectivity index (χ4v) is 2.90. The topological polar surface area (TPSA) is 15.3 Å². The van der Waals surface area contributed by atoms with E-state index in [1.807, 2.05) is 7.05 Å². The molecule has 0 fully saturated rings. The summed E-state index contributed by atoms with van der Waals surface area (Å²) in [7, 11) is 2.00. The lowest BCUT2D eigenvalue weighted by Gasteiger charge is -2.21. The summed E-state index contributed by atoms with van der Waals surface area (Å²) < 4.78 is 0. The van der Waals surface area contributed by atoms with Gasteiger partial charge in [-0.15, -0.1) is 0 Å². The molecular formula is C17H20N2. The number of fused-ring (bicyclic) bond motifs is 1. The van der Waals surface area contributed by atoms with E-state index >= 15 is 0 Å². The highest BCUT2D eigenvalue weighted by Crippen LogP contribution is 2.34. The Kier molecular flexibility index (Phi) is 2.94. The number of benzene rings is 2. The number of aryl methyl sites for hydroxylation is 1. The Labute approximate surface area is 115 Å². The van der Waals surface area contributed by atoms with E-state index in [4.69, 9.17) is 0 Å². The lowest BCUT2D eigenvalue weighted by atomic mass is 10.1. The van der Waals surface area contributed by atoms with E-state index in [1.54, 1.807) is 0 Å². The van der Waals surface area contributed by atoms with Crippen molar-refractivity contribution in [3.8, 4) is 0 Å². The molecule has 98 valence electrons. The summed E-state index contributed by atoms with van der Waals surface area (Å²) in [5.74, 6) is 0. The first-order valence-corrected chi connectivity index (χ1v) is 6.80. The summed E-state index contributed by atoms with van der Waals surface area (Å²) in [5.41, 5.74) is 8.24. The molecule has 1 aliphatic rings. The third-order valence-electron chi connectivity index (χ3n) is 4.17. The van der Waals surface area contributed by atoms with E-state index in [-0.39, 0.29) is 0 Å². The van der Waals surface area contributed by atoms with Crippen LogP contribution in [-0.4, -0.2) is 7.05 Å². The first-order chi connectivity index (χ1) is 9.20. The van der Waals surface area contributed by atoms with Gasteiger partial charge in [0.1, 0.15) is 0 Å². The predicted octanol–water partition coefficient (Wildman–Crippen LogP) is 3.87. The van der Waals surface area contributed by atoms with E-state index in [0.29, 0.717) is 0 Å². The zero-order valence-electron chi connectivity index (χ0n) is 11.8. The Morgan fingerprint density at radius 1 is 1.00 bits per heavy atom. The number of anilines is 2. The summed E-state index contributed by atoms with van der Waals surface area (Å²) >= 11 is 0. The minimum Gasteiger partial charge on any atom is -0.388 e. The minimum atomic E-state index is 0.997. The number of hydrogen-bond acceptors (Lipinski definition) is 2. The molecule has 0 spiro atoms. The molecule has 0 aliphatic carbocycles. The number of nitrogens with zero attached hydrogens (tertiary/aromatic N) is 1. The van der Waals surface area contributed by atoms with Gasteiger partial charge in [-0.05, 0) is 48.2 Å². The van der Waals surface area contributed by atoms with Gasteiger partial charge in [0.25, 0.3) is 0 Å². The first kappa shape index (κ1) is 12.1. The zero-order chi connectivity index (χ0) is 13.4. The highest BCUT2D eigenvalue weighted by molar-refractivity contribution is 5.64. The Hall–Kier alpha value is -1.96. The highest BCUT2D eigenvalue weighted by atomic mass is 15.1. The van der Waals surface area contributed by atoms with Crippen LogP contribution in [-0.2, 0) is 13.1 Å². The van der Waals surface area contributed by atoms with Gasteiger partial charge in [0.15, 0.2) is 0 Å². The van der Waals surface area contributed by atoms with Gasteiger partial charge in [-0.1, -0.05) is 24.3 Å². The number of hydrogen-bond donors (Lipinski definition) is 1. The second-order valence-electron chi connectivity index (χ2n) is 5.27. The van der Waals surface area contributed by atoms with E-state index in [1.165, 1.54) is 33.6 Å². The van der Waals surface area contributed by atoms with E-state index in [0.717, 1.165) is 13.1 Å². The van der Waals surface area contributed by atoms with Crippen molar-refractivity contribution in [3.63, 3.8) is 0 Å². The SMILES string of the molecule is CNc1cccc2c1CN(c1cccc(C)c1C)C2. The van der Waals surface area contributed by atoms with Crippen LogP contribution in [0.3, 0.4) is 0 Å². The zero-order valence-corrected chi connectivity index (χ0v) is 11.8. The van der Waals surface area contributed by atoms with Crippen LogP contribution in [0.1, 0.15) is 22.3 Å². The molecule has 19 heavy (non-hydrogen) atoms. The van der Waals surface area contributed by atoms with E-state index < -0.39 is 0 Å². The number of rotatable bonds is 2. The maximum absolute atomic E-state index is 3.30. The molecule has 0 atom stereocenters. The molecule has 0 bridgehead atoms. The van der Waals surface area contributed by atoms with Crippen LogP contribution in [0.4, 0.5) is 11.4 Å². The summed E-state index contributed by atoms with van der Waals surface area (Å²) in [5, 5.41) is 3.30. The summed E-state index contributed by atoms with van der Waals surface area (Å²) in [6, 6.07) is 13.1. The molecule has 1 N–H and O–H groups in total. The Morgan fingerprint density at radius 2 is 1.79 bits per heavy atom. The fourth-order valence-electron chi connectivity index (χ4n) is 2.90. The fraction of sp³-hybridized carbons (Fsp3) is 0.294. The van der Waals surface area contributed by atoms with Gasteiger partial charge in [0, 0.05) is 31.5 Å². The third kappa shape index (κ3) is 1.97. The molecule has 0 saturated carbocycles. The lowest BCUT2D eigenvalue weighted by molar-refractivity contribution is 0.874. The summed E-state index contributed by atoms with van der Waals surface area (Å²) in [6.07, 6.45) is 0. The van der Waals surface area contributed by atoms with Gasteiger partial charge in [0.05, 0.1) is 0 Å². The molecule has 0 aromatic heterocycles. The smallest absolute Gasteiger partial charge is 0.0457 e. The predicted molar refractivity (Wildman–Crippen MR) is 81.8 cm³/mol. The van der Waals surface area contributed by atoms with Crippen molar-refractivity contribution in [2.45, 2.75) is 26.9 Å². The van der Waals surface area contributed by atoms with Gasteiger partial charge in [-0.3, -0.25) is 0 Å². The monoisotopic (exact) mass is 252 g/mol. The van der Waals surface area contributed by atoms with Gasteiger partial charge in [0.2, 0.25) is 0 Å². The largest absolute Gasteiger partial charge is 0.388 e. The normalized spacial score (nSPS) is 13.5. The second-order valence-corrected chi connectivity index (χ2v) is 5.27. The molecule has 0 unspecified atom stereocenters. The average molecular weight is 252 g/mol. The van der Waals surface area contributed by atoms with Crippen LogP contribution in [0.25, 0.3) is 0 Å². The van der Waals surface area contributed by atoms with Crippen molar-refractivity contribution in [2.24, 2.45) is 0 Å². The maximum atomic E-state index is 3.30. The molecule has 0 amide bonds. The maximum Gasteiger partial charge on any atom is 0.0457 e. The summed E-state index contributed by atoms with van der Waals surface area (Å²) in [6.45, 7) is 6.40. The molecule has 2 nitrogen and oxygen atoms in total. The van der Waals surface area contributed by atoms with E-state index in [2.05, 4.69) is 60.5 Å². The third-order valence-corrected chi connectivity index (χ3v) is 4.17. The molecule has 2 aromatic rings. The second kappa shape index (κ2) is 4.61. The molecule has 1 aliphatic heterocycles. The molecule has 2 aromatic carbocycles. The van der Waals surface area contributed by atoms with Gasteiger partial charge >= 0.3 is 0 Å². The van der Waals surface area contributed by atoms with Crippen molar-refractivity contribution >= 4 is 11.4 Å². The molecule has 2 heteroatoms. The van der Waals surface area contributed by atoms with Crippen molar-refractivity contribution in [1.82, 2.24) is 0 Å². The van der Waals surface area contributed by atoms with Crippen LogP contribution in [0.5, 0.6) is 0 Å². The van der Waals surface area contributed by atoms with Crippen LogP contribution >= 0.6 is 0 Å². The van der Waals surface area contributed by atoms with Crippen LogP contribution in [0, 0.1) is 13.8 Å². The Bertz CT molecular complexity index is 617. The molecular weight excluding hydrogens is 232 g/mol. The van der Waals surface area contributed by atoms with Crippen molar-refractivity contribution in [2.75, 3.05) is 17.3 Å². The summed E-state index contributed by atoms with van der Waals surface area (Å²) in [4.78, 5) is 2.47. The highest BCUT2D eigenvalue weighted by Gasteiger charge is 2.22. The average Bonchev–Trinajstić information content (AvgIpc) is 2.85. The van der Waals surface area contributed by atoms with Crippen LogP contribution in [0.2, 0.25) is 0 Å². The van der Waals surface area contributed by atoms with Crippen molar-refractivity contribution < 1.29 is 0 Å². The molecule has 0 radical (unpaired) electrons. The quantitative estimate of drug-likeness (QED) is 0.873. The number of nitrogens with one attached hydrogen (secondary N) is 1.